The summed E-state index contributed by atoms with van der Waals surface area (Å²) in [6.07, 6.45) is -5.13. The Morgan fingerprint density at radius 1 is 1.40 bits per heavy atom. The Morgan fingerprint density at radius 2 is 2.10 bits per heavy atom. The van der Waals surface area contributed by atoms with Crippen molar-refractivity contribution in [1.29, 1.82) is 0 Å². The first-order valence-corrected chi connectivity index (χ1v) is 6.16. The number of morpholine rings is 1. The molecule has 1 heterocycles. The zero-order valence-electron chi connectivity index (χ0n) is 10.7. The van der Waals surface area contributed by atoms with Crippen molar-refractivity contribution in [3.8, 4) is 0 Å². The average Bonchev–Trinajstić information content (AvgIpc) is 2.37. The van der Waals surface area contributed by atoms with Crippen molar-refractivity contribution in [2.75, 3.05) is 26.2 Å². The van der Waals surface area contributed by atoms with Crippen molar-refractivity contribution in [3.05, 3.63) is 35.4 Å². The van der Waals surface area contributed by atoms with Crippen LogP contribution in [0.25, 0.3) is 0 Å². The average molecular weight is 288 g/mol. The molecule has 110 valence electrons. The van der Waals surface area contributed by atoms with Crippen molar-refractivity contribution in [3.63, 3.8) is 0 Å². The molecule has 4 nitrogen and oxygen atoms in total. The molecule has 0 radical (unpaired) electrons. The van der Waals surface area contributed by atoms with E-state index in [1.807, 2.05) is 0 Å². The van der Waals surface area contributed by atoms with Gasteiger partial charge < -0.3 is 10.5 Å². The Morgan fingerprint density at radius 3 is 2.75 bits per heavy atom. The highest BCUT2D eigenvalue weighted by atomic mass is 19.4. The van der Waals surface area contributed by atoms with E-state index in [1.165, 1.54) is 12.1 Å². The number of nitrogens with two attached hydrogens (primary N) is 1. The van der Waals surface area contributed by atoms with Gasteiger partial charge in [-0.1, -0.05) is 18.2 Å². The van der Waals surface area contributed by atoms with Crippen LogP contribution >= 0.6 is 0 Å². The predicted octanol–water partition coefficient (Wildman–Crippen LogP) is 1.56. The Balaban J connectivity index is 2.21. The van der Waals surface area contributed by atoms with E-state index >= 15 is 0 Å². The molecule has 0 spiro atoms. The zero-order chi connectivity index (χ0) is 14.8. The smallest absolute Gasteiger partial charge is 0.371 e. The monoisotopic (exact) mass is 288 g/mol. The Labute approximate surface area is 114 Å². The normalized spacial score (nSPS) is 20.9. The summed E-state index contributed by atoms with van der Waals surface area (Å²) in [6, 6.07) is 5.32. The minimum atomic E-state index is -4.42. The van der Waals surface area contributed by atoms with Gasteiger partial charge >= 0.3 is 6.18 Å². The van der Waals surface area contributed by atoms with Gasteiger partial charge in [-0.25, -0.2) is 0 Å². The molecule has 0 aromatic heterocycles. The lowest BCUT2D eigenvalue weighted by Crippen LogP contribution is -2.43. The quantitative estimate of drug-likeness (QED) is 0.918. The number of carbonyl (C=O) groups excluding carboxylic acids is 1. The van der Waals surface area contributed by atoms with E-state index in [2.05, 4.69) is 0 Å². The van der Waals surface area contributed by atoms with Crippen molar-refractivity contribution in [1.82, 2.24) is 4.90 Å². The number of halogens is 3. The maximum absolute atomic E-state index is 13.0. The number of rotatable bonds is 3. The third-order valence-corrected chi connectivity index (χ3v) is 3.14. The third-order valence-electron chi connectivity index (χ3n) is 3.14. The third kappa shape index (κ3) is 3.49. The van der Waals surface area contributed by atoms with Crippen LogP contribution in [-0.4, -0.2) is 37.0 Å². The second-order valence-corrected chi connectivity index (χ2v) is 4.65. The van der Waals surface area contributed by atoms with Gasteiger partial charge in [0.1, 0.15) is 0 Å². The molecular weight excluding hydrogens is 273 g/mol. The lowest BCUT2D eigenvalue weighted by molar-refractivity contribution is -0.141. The molecule has 0 bridgehead atoms. The number of primary amides is 1. The van der Waals surface area contributed by atoms with Gasteiger partial charge in [-0.3, -0.25) is 9.69 Å². The number of hydrogen-bond donors (Lipinski definition) is 1. The summed E-state index contributed by atoms with van der Waals surface area (Å²) >= 11 is 0. The first kappa shape index (κ1) is 14.8. The minimum absolute atomic E-state index is 0.0219. The fraction of sp³-hybridized carbons (Fsp3) is 0.462. The second-order valence-electron chi connectivity index (χ2n) is 4.65. The van der Waals surface area contributed by atoms with E-state index < -0.39 is 23.8 Å². The predicted molar refractivity (Wildman–Crippen MR) is 65.8 cm³/mol. The van der Waals surface area contributed by atoms with Gasteiger partial charge in [0.15, 0.2) is 0 Å². The van der Waals surface area contributed by atoms with Crippen LogP contribution in [0.15, 0.2) is 24.3 Å². The molecule has 2 rings (SSSR count). The van der Waals surface area contributed by atoms with Gasteiger partial charge in [-0.05, 0) is 11.6 Å². The topological polar surface area (TPSA) is 55.6 Å². The maximum atomic E-state index is 13.0. The Bertz CT molecular complexity index is 491. The molecule has 1 amide bonds. The first-order chi connectivity index (χ1) is 9.38. The van der Waals surface area contributed by atoms with E-state index in [4.69, 9.17) is 10.5 Å². The highest BCUT2D eigenvalue weighted by molar-refractivity contribution is 5.75. The summed E-state index contributed by atoms with van der Waals surface area (Å²) in [4.78, 5) is 12.6. The highest BCUT2D eigenvalue weighted by Gasteiger charge is 2.36. The van der Waals surface area contributed by atoms with E-state index in [0.717, 1.165) is 6.07 Å². The molecule has 0 unspecified atom stereocenters. The maximum Gasteiger partial charge on any atom is 0.416 e. The van der Waals surface area contributed by atoms with Gasteiger partial charge in [0.05, 0.1) is 24.8 Å². The van der Waals surface area contributed by atoms with Crippen molar-refractivity contribution in [2.24, 2.45) is 5.73 Å². The van der Waals surface area contributed by atoms with Crippen molar-refractivity contribution in [2.45, 2.75) is 12.3 Å². The molecule has 1 aromatic carbocycles. The summed E-state index contributed by atoms with van der Waals surface area (Å²) in [6.45, 7) is 0.988. The van der Waals surface area contributed by atoms with Gasteiger partial charge in [0.2, 0.25) is 5.91 Å². The fourth-order valence-electron chi connectivity index (χ4n) is 2.29. The molecule has 1 aromatic rings. The zero-order valence-corrected chi connectivity index (χ0v) is 10.7. The lowest BCUT2D eigenvalue weighted by atomic mass is 10.0. The minimum Gasteiger partial charge on any atom is -0.371 e. The van der Waals surface area contributed by atoms with Crippen LogP contribution in [0.2, 0.25) is 0 Å². The van der Waals surface area contributed by atoms with Crippen LogP contribution in [0.1, 0.15) is 17.2 Å². The number of benzene rings is 1. The van der Waals surface area contributed by atoms with Crippen LogP contribution in [-0.2, 0) is 15.7 Å². The van der Waals surface area contributed by atoms with Crippen LogP contribution in [0.4, 0.5) is 13.2 Å². The molecule has 0 saturated carbocycles. The lowest BCUT2D eigenvalue weighted by Gasteiger charge is -2.33. The summed E-state index contributed by atoms with van der Waals surface area (Å²) in [7, 11) is 0. The fourth-order valence-corrected chi connectivity index (χ4v) is 2.29. The van der Waals surface area contributed by atoms with Gasteiger partial charge in [-0.2, -0.15) is 13.2 Å². The molecule has 1 aliphatic heterocycles. The molecule has 0 aliphatic carbocycles. The summed E-state index contributed by atoms with van der Waals surface area (Å²) < 4.78 is 44.3. The van der Waals surface area contributed by atoms with E-state index in [9.17, 15) is 18.0 Å². The molecule has 1 saturated heterocycles. The van der Waals surface area contributed by atoms with Crippen LogP contribution in [0.3, 0.4) is 0 Å². The van der Waals surface area contributed by atoms with Gasteiger partial charge in [0, 0.05) is 13.1 Å². The highest BCUT2D eigenvalue weighted by Crippen LogP contribution is 2.36. The van der Waals surface area contributed by atoms with Crippen LogP contribution in [0, 0.1) is 0 Å². The summed E-state index contributed by atoms with van der Waals surface area (Å²) in [5.74, 6) is -0.505. The molecule has 7 heteroatoms. The molecule has 20 heavy (non-hydrogen) atoms. The number of carbonyl (C=O) groups is 1. The Kier molecular flexibility index (Phi) is 4.29. The number of hydrogen-bond acceptors (Lipinski definition) is 3. The number of ether oxygens (including phenoxy) is 1. The van der Waals surface area contributed by atoms with Crippen molar-refractivity contribution >= 4 is 5.91 Å². The first-order valence-electron chi connectivity index (χ1n) is 6.16. The molecule has 1 aliphatic rings. The molecule has 1 atom stereocenters. The number of amides is 1. The van der Waals surface area contributed by atoms with Crippen LogP contribution < -0.4 is 5.73 Å². The van der Waals surface area contributed by atoms with Gasteiger partial charge in [0.25, 0.3) is 0 Å². The standard InChI is InChI=1S/C13H15F3N2O2/c14-13(15,16)10-4-2-1-3-9(10)11-7-18(5-6-20-11)8-12(17)19/h1-4,11H,5-8H2,(H2,17,19)/t11-/m1/s1. The molecule has 1 fully saturated rings. The second kappa shape index (κ2) is 5.80. The van der Waals surface area contributed by atoms with E-state index in [0.29, 0.717) is 6.54 Å². The van der Waals surface area contributed by atoms with Crippen molar-refractivity contribution < 1.29 is 22.7 Å². The van der Waals surface area contributed by atoms with E-state index in [-0.39, 0.29) is 25.3 Å². The number of nitrogens with zero attached hydrogens (tertiary/aromatic N) is 1. The summed E-state index contributed by atoms with van der Waals surface area (Å²) in [5.41, 5.74) is 4.49. The Hall–Kier alpha value is -1.60. The SMILES string of the molecule is NC(=O)CN1CCO[C@@H](c2ccccc2C(F)(F)F)C1. The van der Waals surface area contributed by atoms with Gasteiger partial charge in [-0.15, -0.1) is 0 Å². The van der Waals surface area contributed by atoms with Crippen LogP contribution in [0.5, 0.6) is 0 Å². The molecule has 2 N–H and O–H groups in total. The molecular formula is C13H15F3N2O2. The largest absolute Gasteiger partial charge is 0.416 e. The number of alkyl halides is 3. The van der Waals surface area contributed by atoms with E-state index in [1.54, 1.807) is 11.0 Å². The summed E-state index contributed by atoms with van der Waals surface area (Å²) in [5, 5.41) is 0.